The van der Waals surface area contributed by atoms with E-state index in [9.17, 15) is 4.79 Å². The molecule has 0 unspecified atom stereocenters. The summed E-state index contributed by atoms with van der Waals surface area (Å²) in [5.41, 5.74) is 4.39. The summed E-state index contributed by atoms with van der Waals surface area (Å²) in [5, 5.41) is 13.1. The molecule has 0 saturated heterocycles. The molecule has 0 atom stereocenters. The minimum atomic E-state index is -0.579. The lowest BCUT2D eigenvalue weighted by Crippen LogP contribution is -2.18. The van der Waals surface area contributed by atoms with Crippen LogP contribution in [-0.2, 0) is 6.54 Å². The van der Waals surface area contributed by atoms with E-state index in [2.05, 4.69) is 10.3 Å². The van der Waals surface area contributed by atoms with E-state index in [1.807, 2.05) is 36.4 Å². The standard InChI is InChI=1S/C18H17N3O3/c1-24-17-9-7-13(18(22)21-23)10-16(17)19-11-14-8-6-12-4-2-3-5-15(12)20-14/h2-10,19,23H,11H2,1H3,(H,21,22). The van der Waals surface area contributed by atoms with Gasteiger partial charge in [-0.05, 0) is 30.3 Å². The van der Waals surface area contributed by atoms with Crippen LogP contribution in [0.5, 0.6) is 5.75 Å². The molecule has 1 aromatic heterocycles. The number of nitrogens with one attached hydrogen (secondary N) is 2. The molecule has 0 spiro atoms. The van der Waals surface area contributed by atoms with Gasteiger partial charge >= 0.3 is 0 Å². The molecule has 1 amide bonds. The molecule has 1 heterocycles. The van der Waals surface area contributed by atoms with Gasteiger partial charge in [0.05, 0.1) is 30.6 Å². The zero-order chi connectivity index (χ0) is 16.9. The lowest BCUT2D eigenvalue weighted by Gasteiger charge is -2.12. The van der Waals surface area contributed by atoms with Crippen molar-refractivity contribution in [3.8, 4) is 5.75 Å². The molecule has 6 heteroatoms. The SMILES string of the molecule is COc1ccc(C(=O)NO)cc1NCc1ccc2ccccc2n1. The van der Waals surface area contributed by atoms with Gasteiger partial charge in [-0.25, -0.2) is 5.48 Å². The Kier molecular flexibility index (Phi) is 4.58. The van der Waals surface area contributed by atoms with Crippen molar-refractivity contribution in [2.75, 3.05) is 12.4 Å². The summed E-state index contributed by atoms with van der Waals surface area (Å²) >= 11 is 0. The van der Waals surface area contributed by atoms with Crippen LogP contribution in [0.4, 0.5) is 5.69 Å². The Hall–Kier alpha value is -3.12. The first-order valence-electron chi connectivity index (χ1n) is 7.42. The van der Waals surface area contributed by atoms with Crippen LogP contribution in [0.3, 0.4) is 0 Å². The van der Waals surface area contributed by atoms with Gasteiger partial charge in [-0.1, -0.05) is 24.3 Å². The molecule has 0 fully saturated rings. The predicted molar refractivity (Wildman–Crippen MR) is 91.3 cm³/mol. The maximum atomic E-state index is 11.5. The first-order chi connectivity index (χ1) is 11.7. The number of anilines is 1. The number of fused-ring (bicyclic) bond motifs is 1. The van der Waals surface area contributed by atoms with Crippen molar-refractivity contribution in [2.24, 2.45) is 0 Å². The monoisotopic (exact) mass is 323 g/mol. The minimum absolute atomic E-state index is 0.326. The highest BCUT2D eigenvalue weighted by atomic mass is 16.5. The van der Waals surface area contributed by atoms with Crippen molar-refractivity contribution in [3.63, 3.8) is 0 Å². The van der Waals surface area contributed by atoms with Crippen LogP contribution in [0, 0.1) is 0 Å². The molecule has 3 N–H and O–H groups in total. The van der Waals surface area contributed by atoms with Gasteiger partial charge in [0.25, 0.3) is 5.91 Å². The third kappa shape index (κ3) is 3.28. The number of aromatic nitrogens is 1. The van der Waals surface area contributed by atoms with Crippen molar-refractivity contribution in [1.82, 2.24) is 10.5 Å². The highest BCUT2D eigenvalue weighted by Gasteiger charge is 2.10. The van der Waals surface area contributed by atoms with Crippen LogP contribution in [0.2, 0.25) is 0 Å². The van der Waals surface area contributed by atoms with Crippen LogP contribution in [-0.4, -0.2) is 23.2 Å². The van der Waals surface area contributed by atoms with E-state index in [1.54, 1.807) is 30.8 Å². The van der Waals surface area contributed by atoms with Crippen molar-refractivity contribution in [3.05, 3.63) is 65.9 Å². The average Bonchev–Trinajstić information content (AvgIpc) is 2.65. The van der Waals surface area contributed by atoms with Gasteiger partial charge in [0.1, 0.15) is 5.75 Å². The summed E-state index contributed by atoms with van der Waals surface area (Å²) in [7, 11) is 1.56. The number of hydrogen-bond acceptors (Lipinski definition) is 5. The maximum Gasteiger partial charge on any atom is 0.274 e. The number of amides is 1. The van der Waals surface area contributed by atoms with Crippen LogP contribution >= 0.6 is 0 Å². The Balaban J connectivity index is 1.82. The zero-order valence-electron chi connectivity index (χ0n) is 13.1. The topological polar surface area (TPSA) is 83.5 Å². The molecule has 3 rings (SSSR count). The van der Waals surface area contributed by atoms with Crippen LogP contribution in [0.25, 0.3) is 10.9 Å². The molecule has 0 bridgehead atoms. The Morgan fingerprint density at radius 1 is 1.17 bits per heavy atom. The number of hydroxylamine groups is 1. The van der Waals surface area contributed by atoms with Crippen LogP contribution in [0.15, 0.2) is 54.6 Å². The number of nitrogens with zero attached hydrogens (tertiary/aromatic N) is 1. The number of pyridine rings is 1. The van der Waals surface area contributed by atoms with Crippen molar-refractivity contribution < 1.29 is 14.7 Å². The second-order valence-corrected chi connectivity index (χ2v) is 5.20. The molecule has 122 valence electrons. The van der Waals surface area contributed by atoms with E-state index in [0.29, 0.717) is 23.5 Å². The van der Waals surface area contributed by atoms with E-state index in [4.69, 9.17) is 9.94 Å². The number of ether oxygens (including phenoxy) is 1. The lowest BCUT2D eigenvalue weighted by atomic mass is 10.1. The average molecular weight is 323 g/mol. The van der Waals surface area contributed by atoms with Gasteiger partial charge in [0, 0.05) is 10.9 Å². The molecule has 0 aliphatic rings. The van der Waals surface area contributed by atoms with E-state index in [-0.39, 0.29) is 0 Å². The van der Waals surface area contributed by atoms with Gasteiger partial charge in [0.2, 0.25) is 0 Å². The molecule has 6 nitrogen and oxygen atoms in total. The Morgan fingerprint density at radius 2 is 2.00 bits per heavy atom. The fourth-order valence-corrected chi connectivity index (χ4v) is 2.44. The summed E-state index contributed by atoms with van der Waals surface area (Å²) in [6.07, 6.45) is 0. The molecule has 0 radical (unpaired) electrons. The van der Waals surface area contributed by atoms with Gasteiger partial charge in [0.15, 0.2) is 0 Å². The quantitative estimate of drug-likeness (QED) is 0.496. The van der Waals surface area contributed by atoms with Crippen LogP contribution < -0.4 is 15.5 Å². The molecule has 0 aliphatic carbocycles. The Bertz CT molecular complexity index is 880. The van der Waals surface area contributed by atoms with Gasteiger partial charge in [-0.15, -0.1) is 0 Å². The number of para-hydroxylation sites is 1. The summed E-state index contributed by atoms with van der Waals surface area (Å²) in [6, 6.07) is 16.7. The molecule has 0 aliphatic heterocycles. The maximum absolute atomic E-state index is 11.5. The third-order valence-corrected chi connectivity index (χ3v) is 3.68. The van der Waals surface area contributed by atoms with Crippen molar-refractivity contribution >= 4 is 22.5 Å². The number of carbonyl (C=O) groups is 1. The van der Waals surface area contributed by atoms with E-state index < -0.39 is 5.91 Å². The van der Waals surface area contributed by atoms with E-state index >= 15 is 0 Å². The normalized spacial score (nSPS) is 10.4. The molecular weight excluding hydrogens is 306 g/mol. The van der Waals surface area contributed by atoms with Crippen molar-refractivity contribution in [1.29, 1.82) is 0 Å². The predicted octanol–water partition coefficient (Wildman–Crippen LogP) is 2.97. The van der Waals surface area contributed by atoms with E-state index in [1.165, 1.54) is 0 Å². The number of rotatable bonds is 5. The molecule has 0 saturated carbocycles. The first-order valence-corrected chi connectivity index (χ1v) is 7.42. The number of carbonyl (C=O) groups excluding carboxylic acids is 1. The zero-order valence-corrected chi connectivity index (χ0v) is 13.1. The highest BCUT2D eigenvalue weighted by molar-refractivity contribution is 5.94. The van der Waals surface area contributed by atoms with Gasteiger partial charge in [-0.3, -0.25) is 15.0 Å². The van der Waals surface area contributed by atoms with Gasteiger partial charge < -0.3 is 10.1 Å². The molecule has 3 aromatic rings. The second-order valence-electron chi connectivity index (χ2n) is 5.20. The summed E-state index contributed by atoms with van der Waals surface area (Å²) in [6.45, 7) is 0.478. The van der Waals surface area contributed by atoms with Crippen LogP contribution in [0.1, 0.15) is 16.1 Å². The fraction of sp³-hybridized carbons (Fsp3) is 0.111. The summed E-state index contributed by atoms with van der Waals surface area (Å²) in [5.74, 6) is 0.0230. The highest BCUT2D eigenvalue weighted by Crippen LogP contribution is 2.26. The first kappa shape index (κ1) is 15.8. The van der Waals surface area contributed by atoms with E-state index in [0.717, 1.165) is 16.6 Å². The lowest BCUT2D eigenvalue weighted by molar-refractivity contribution is 0.0706. The van der Waals surface area contributed by atoms with Gasteiger partial charge in [-0.2, -0.15) is 0 Å². The summed E-state index contributed by atoms with van der Waals surface area (Å²) in [4.78, 5) is 16.1. The third-order valence-electron chi connectivity index (χ3n) is 3.68. The largest absolute Gasteiger partial charge is 0.495 e. The molecular formula is C18H17N3O3. The smallest absolute Gasteiger partial charge is 0.274 e. The Morgan fingerprint density at radius 3 is 2.79 bits per heavy atom. The minimum Gasteiger partial charge on any atom is -0.495 e. The number of benzene rings is 2. The number of methoxy groups -OCH3 is 1. The fourth-order valence-electron chi connectivity index (χ4n) is 2.44. The Labute approximate surface area is 139 Å². The molecule has 24 heavy (non-hydrogen) atoms. The van der Waals surface area contributed by atoms with Crippen molar-refractivity contribution in [2.45, 2.75) is 6.54 Å². The molecule has 2 aromatic carbocycles. The number of hydrogen-bond donors (Lipinski definition) is 3. The summed E-state index contributed by atoms with van der Waals surface area (Å²) < 4.78 is 5.30. The second kappa shape index (κ2) is 6.97.